The zero-order valence-corrected chi connectivity index (χ0v) is 12.1. The molecular formula is C13H20BrN3. The number of hydrogen-bond donors (Lipinski definition) is 1. The standard InChI is InChI=1S/C13H20BrN3/c1-10-8-17(11(2)3-4-16-10)9-12-5-13(14)7-15-6-12/h5-7,10-11,16H,3-4,8-9H2,1-2H3. The Morgan fingerprint density at radius 1 is 1.47 bits per heavy atom. The lowest BCUT2D eigenvalue weighted by Crippen LogP contribution is -2.38. The van der Waals surface area contributed by atoms with Gasteiger partial charge in [0.15, 0.2) is 0 Å². The summed E-state index contributed by atoms with van der Waals surface area (Å²) in [4.78, 5) is 6.76. The monoisotopic (exact) mass is 297 g/mol. The van der Waals surface area contributed by atoms with E-state index in [0.717, 1.165) is 24.1 Å². The largest absolute Gasteiger partial charge is 0.313 e. The number of aromatic nitrogens is 1. The van der Waals surface area contributed by atoms with Crippen LogP contribution in [0.4, 0.5) is 0 Å². The number of rotatable bonds is 2. The Bertz CT molecular complexity index is 369. The van der Waals surface area contributed by atoms with Crippen molar-refractivity contribution in [3.05, 3.63) is 28.5 Å². The molecule has 1 aliphatic heterocycles. The topological polar surface area (TPSA) is 28.2 Å². The SMILES string of the molecule is CC1CN(Cc2cncc(Br)c2)C(C)CCN1. The highest BCUT2D eigenvalue weighted by Crippen LogP contribution is 2.16. The third kappa shape index (κ3) is 3.76. The van der Waals surface area contributed by atoms with E-state index in [1.165, 1.54) is 12.0 Å². The molecule has 1 fully saturated rings. The van der Waals surface area contributed by atoms with Crippen molar-refractivity contribution in [2.75, 3.05) is 13.1 Å². The van der Waals surface area contributed by atoms with Crippen molar-refractivity contribution < 1.29 is 0 Å². The molecule has 1 aliphatic rings. The van der Waals surface area contributed by atoms with Crippen molar-refractivity contribution in [1.29, 1.82) is 0 Å². The summed E-state index contributed by atoms with van der Waals surface area (Å²) in [6.07, 6.45) is 5.01. The van der Waals surface area contributed by atoms with E-state index in [1.807, 2.05) is 12.4 Å². The van der Waals surface area contributed by atoms with Crippen molar-refractivity contribution in [2.45, 2.75) is 38.9 Å². The van der Waals surface area contributed by atoms with Gasteiger partial charge in [0.05, 0.1) is 0 Å². The summed E-state index contributed by atoms with van der Waals surface area (Å²) in [5, 5.41) is 3.54. The molecule has 94 valence electrons. The molecule has 0 bridgehead atoms. The number of nitrogens with zero attached hydrogens (tertiary/aromatic N) is 2. The van der Waals surface area contributed by atoms with E-state index in [2.05, 4.69) is 51.0 Å². The number of halogens is 1. The van der Waals surface area contributed by atoms with Crippen LogP contribution in [0.3, 0.4) is 0 Å². The third-order valence-corrected chi connectivity index (χ3v) is 3.77. The molecule has 0 aromatic carbocycles. The smallest absolute Gasteiger partial charge is 0.0410 e. The minimum absolute atomic E-state index is 0.570. The molecule has 4 heteroatoms. The van der Waals surface area contributed by atoms with Gasteiger partial charge >= 0.3 is 0 Å². The van der Waals surface area contributed by atoms with E-state index in [-0.39, 0.29) is 0 Å². The van der Waals surface area contributed by atoms with Crippen LogP contribution < -0.4 is 5.32 Å². The molecule has 0 spiro atoms. The lowest BCUT2D eigenvalue weighted by Gasteiger charge is -2.28. The van der Waals surface area contributed by atoms with E-state index < -0.39 is 0 Å². The zero-order valence-electron chi connectivity index (χ0n) is 10.5. The zero-order chi connectivity index (χ0) is 12.3. The second-order valence-electron chi connectivity index (χ2n) is 4.93. The lowest BCUT2D eigenvalue weighted by atomic mass is 10.1. The first-order valence-corrected chi connectivity index (χ1v) is 7.01. The predicted octanol–water partition coefficient (Wildman–Crippen LogP) is 2.42. The minimum atomic E-state index is 0.570. The second-order valence-corrected chi connectivity index (χ2v) is 5.85. The maximum atomic E-state index is 4.23. The summed E-state index contributed by atoms with van der Waals surface area (Å²) >= 11 is 3.48. The van der Waals surface area contributed by atoms with Gasteiger partial charge in [0, 0.05) is 42.0 Å². The number of pyridine rings is 1. The second kappa shape index (κ2) is 5.94. The normalized spacial score (nSPS) is 26.8. The molecule has 1 N–H and O–H groups in total. The predicted molar refractivity (Wildman–Crippen MR) is 73.9 cm³/mol. The van der Waals surface area contributed by atoms with Crippen LogP contribution in [0.15, 0.2) is 22.9 Å². The summed E-state index contributed by atoms with van der Waals surface area (Å²) in [5.41, 5.74) is 1.28. The van der Waals surface area contributed by atoms with Crippen LogP contribution in [0.2, 0.25) is 0 Å². The average molecular weight is 298 g/mol. The van der Waals surface area contributed by atoms with Crippen LogP contribution >= 0.6 is 15.9 Å². The third-order valence-electron chi connectivity index (χ3n) is 3.33. The van der Waals surface area contributed by atoms with Crippen molar-refractivity contribution in [3.8, 4) is 0 Å². The fraction of sp³-hybridized carbons (Fsp3) is 0.615. The first-order valence-electron chi connectivity index (χ1n) is 6.22. The van der Waals surface area contributed by atoms with Gasteiger partial charge in [-0.1, -0.05) is 0 Å². The molecule has 0 aliphatic carbocycles. The van der Waals surface area contributed by atoms with Gasteiger partial charge in [-0.2, -0.15) is 0 Å². The quantitative estimate of drug-likeness (QED) is 0.909. The van der Waals surface area contributed by atoms with Crippen LogP contribution in [-0.4, -0.2) is 35.1 Å². The van der Waals surface area contributed by atoms with E-state index >= 15 is 0 Å². The molecule has 3 nitrogen and oxygen atoms in total. The average Bonchev–Trinajstić information content (AvgIpc) is 2.41. The summed E-state index contributed by atoms with van der Waals surface area (Å²) in [5.74, 6) is 0. The molecular weight excluding hydrogens is 278 g/mol. The van der Waals surface area contributed by atoms with Crippen LogP contribution in [0, 0.1) is 0 Å². The van der Waals surface area contributed by atoms with Gasteiger partial charge in [-0.15, -0.1) is 0 Å². The summed E-state index contributed by atoms with van der Waals surface area (Å²) in [7, 11) is 0. The number of hydrogen-bond acceptors (Lipinski definition) is 3. The molecule has 2 rings (SSSR count). The van der Waals surface area contributed by atoms with Crippen LogP contribution in [-0.2, 0) is 6.54 Å². The minimum Gasteiger partial charge on any atom is -0.313 e. The maximum absolute atomic E-state index is 4.23. The van der Waals surface area contributed by atoms with Gasteiger partial charge in [0.2, 0.25) is 0 Å². The first-order chi connectivity index (χ1) is 8.15. The highest BCUT2D eigenvalue weighted by molar-refractivity contribution is 9.10. The van der Waals surface area contributed by atoms with Crippen LogP contribution in [0.1, 0.15) is 25.8 Å². The van der Waals surface area contributed by atoms with Crippen molar-refractivity contribution >= 4 is 15.9 Å². The molecule has 2 unspecified atom stereocenters. The molecule has 1 aromatic rings. The molecule has 2 atom stereocenters. The molecule has 1 saturated heterocycles. The van der Waals surface area contributed by atoms with Crippen molar-refractivity contribution in [2.24, 2.45) is 0 Å². The van der Waals surface area contributed by atoms with Gasteiger partial charge in [-0.3, -0.25) is 9.88 Å². The van der Waals surface area contributed by atoms with Crippen molar-refractivity contribution in [3.63, 3.8) is 0 Å². The van der Waals surface area contributed by atoms with Gasteiger partial charge in [-0.25, -0.2) is 0 Å². The molecule has 2 heterocycles. The lowest BCUT2D eigenvalue weighted by molar-refractivity contribution is 0.198. The number of nitrogens with one attached hydrogen (secondary N) is 1. The van der Waals surface area contributed by atoms with Gasteiger partial charge in [-0.05, 0) is 54.4 Å². The Balaban J connectivity index is 2.05. The Morgan fingerprint density at radius 2 is 2.29 bits per heavy atom. The van der Waals surface area contributed by atoms with Crippen LogP contribution in [0.25, 0.3) is 0 Å². The highest BCUT2D eigenvalue weighted by Gasteiger charge is 2.20. The fourth-order valence-corrected chi connectivity index (χ4v) is 2.73. The molecule has 0 amide bonds. The highest BCUT2D eigenvalue weighted by atomic mass is 79.9. The molecule has 1 aromatic heterocycles. The Hall–Kier alpha value is -0.450. The summed E-state index contributed by atoms with van der Waals surface area (Å²) < 4.78 is 1.06. The summed E-state index contributed by atoms with van der Waals surface area (Å²) in [6.45, 7) is 7.78. The Labute approximate surface area is 112 Å². The maximum Gasteiger partial charge on any atom is 0.0410 e. The van der Waals surface area contributed by atoms with Crippen molar-refractivity contribution in [1.82, 2.24) is 15.2 Å². The summed E-state index contributed by atoms with van der Waals surface area (Å²) in [6, 6.07) is 3.36. The first kappa shape index (κ1) is 13.0. The van der Waals surface area contributed by atoms with E-state index in [0.29, 0.717) is 12.1 Å². The fourth-order valence-electron chi connectivity index (χ4n) is 2.31. The van der Waals surface area contributed by atoms with Gasteiger partial charge in [0.25, 0.3) is 0 Å². The van der Waals surface area contributed by atoms with Gasteiger partial charge < -0.3 is 5.32 Å². The Morgan fingerprint density at radius 3 is 3.06 bits per heavy atom. The van der Waals surface area contributed by atoms with E-state index in [1.54, 1.807) is 0 Å². The van der Waals surface area contributed by atoms with Gasteiger partial charge in [0.1, 0.15) is 0 Å². The Kier molecular flexibility index (Phi) is 4.54. The van der Waals surface area contributed by atoms with E-state index in [4.69, 9.17) is 0 Å². The molecule has 17 heavy (non-hydrogen) atoms. The van der Waals surface area contributed by atoms with Crippen LogP contribution in [0.5, 0.6) is 0 Å². The van der Waals surface area contributed by atoms with E-state index in [9.17, 15) is 0 Å². The molecule has 0 saturated carbocycles. The molecule has 0 radical (unpaired) electrons.